The molecule has 0 amide bonds. The lowest BCUT2D eigenvalue weighted by Crippen LogP contribution is -2.47. The second kappa shape index (κ2) is 5.39. The fourth-order valence-corrected chi connectivity index (χ4v) is 3.12. The predicted octanol–water partition coefficient (Wildman–Crippen LogP) is 3.34. The van der Waals surface area contributed by atoms with E-state index in [2.05, 4.69) is 10.1 Å². The van der Waals surface area contributed by atoms with Gasteiger partial charge in [-0.3, -0.25) is 0 Å². The number of aromatic amines is 1. The predicted molar refractivity (Wildman–Crippen MR) is 85.3 cm³/mol. The van der Waals surface area contributed by atoms with E-state index in [1.54, 1.807) is 4.68 Å². The number of nitrogens with zero attached hydrogens (tertiary/aromatic N) is 2. The maximum Gasteiger partial charge on any atom is 0.195 e. The highest BCUT2D eigenvalue weighted by molar-refractivity contribution is 7.71. The molecule has 1 fully saturated rings. The standard InChI is InChI=1S/C14H15Cl2N3OS/c15-11-4-2-1-3-10(11)7-14(20,13(16)5-6-13)8-19-12(21)17-9-18-19/h1-4,9,20H,5-8H2,(H,17,18,21)/t14-/m1/s1. The summed E-state index contributed by atoms with van der Waals surface area (Å²) in [6.45, 7) is 0.240. The van der Waals surface area contributed by atoms with Crippen molar-refractivity contribution in [3.63, 3.8) is 0 Å². The smallest absolute Gasteiger partial charge is 0.195 e. The van der Waals surface area contributed by atoms with Crippen LogP contribution in [0.1, 0.15) is 18.4 Å². The molecule has 1 saturated carbocycles. The second-order valence-electron chi connectivity index (χ2n) is 5.52. The summed E-state index contributed by atoms with van der Waals surface area (Å²) in [7, 11) is 0. The van der Waals surface area contributed by atoms with E-state index < -0.39 is 10.5 Å². The minimum absolute atomic E-state index is 0.240. The summed E-state index contributed by atoms with van der Waals surface area (Å²) in [5.41, 5.74) is -0.275. The van der Waals surface area contributed by atoms with E-state index in [1.165, 1.54) is 6.33 Å². The molecular weight excluding hydrogens is 329 g/mol. The zero-order valence-corrected chi connectivity index (χ0v) is 13.5. The second-order valence-corrected chi connectivity index (χ2v) is 7.03. The summed E-state index contributed by atoms with van der Waals surface area (Å²) in [6.07, 6.45) is 3.41. The lowest BCUT2D eigenvalue weighted by atomic mass is 9.89. The molecule has 4 nitrogen and oxygen atoms in total. The summed E-state index contributed by atoms with van der Waals surface area (Å²) >= 11 is 17.9. The molecule has 1 atom stereocenters. The molecule has 0 radical (unpaired) electrons. The lowest BCUT2D eigenvalue weighted by molar-refractivity contribution is 0.00728. The summed E-state index contributed by atoms with van der Waals surface area (Å²) in [6, 6.07) is 7.48. The van der Waals surface area contributed by atoms with Crippen molar-refractivity contribution in [2.24, 2.45) is 0 Å². The van der Waals surface area contributed by atoms with Crippen LogP contribution in [0.4, 0.5) is 0 Å². The van der Waals surface area contributed by atoms with Gasteiger partial charge in [-0.25, -0.2) is 4.68 Å². The molecule has 1 aliphatic rings. The Morgan fingerprint density at radius 2 is 2.14 bits per heavy atom. The Hall–Kier alpha value is -0.880. The number of aromatic nitrogens is 3. The third kappa shape index (κ3) is 2.88. The lowest BCUT2D eigenvalue weighted by Gasteiger charge is -2.33. The summed E-state index contributed by atoms with van der Waals surface area (Å²) in [5.74, 6) is 0. The molecule has 0 bridgehead atoms. The van der Waals surface area contributed by atoms with Gasteiger partial charge < -0.3 is 10.1 Å². The van der Waals surface area contributed by atoms with Gasteiger partial charge in [0.25, 0.3) is 0 Å². The number of aliphatic hydroxyl groups is 1. The highest BCUT2D eigenvalue weighted by atomic mass is 35.5. The van der Waals surface area contributed by atoms with Crippen molar-refractivity contribution in [2.75, 3.05) is 0 Å². The Balaban J connectivity index is 1.93. The zero-order chi connectivity index (χ0) is 15.1. The maximum absolute atomic E-state index is 11.2. The summed E-state index contributed by atoms with van der Waals surface area (Å²) in [4.78, 5) is 2.19. The molecule has 1 aliphatic carbocycles. The van der Waals surface area contributed by atoms with Crippen LogP contribution in [0.3, 0.4) is 0 Å². The average Bonchev–Trinajstić information content (AvgIpc) is 3.09. The molecular formula is C14H15Cl2N3OS. The molecule has 3 rings (SSSR count). The minimum Gasteiger partial charge on any atom is -0.386 e. The van der Waals surface area contributed by atoms with Crippen LogP contribution >= 0.6 is 35.4 Å². The van der Waals surface area contributed by atoms with E-state index in [0.29, 0.717) is 16.2 Å². The van der Waals surface area contributed by atoms with Gasteiger partial charge in [-0.2, -0.15) is 5.10 Å². The molecule has 2 N–H and O–H groups in total. The maximum atomic E-state index is 11.2. The van der Waals surface area contributed by atoms with Gasteiger partial charge in [0.15, 0.2) is 4.77 Å². The van der Waals surface area contributed by atoms with Crippen molar-refractivity contribution in [3.8, 4) is 0 Å². The first kappa shape index (κ1) is 15.0. The van der Waals surface area contributed by atoms with Gasteiger partial charge in [-0.15, -0.1) is 11.6 Å². The van der Waals surface area contributed by atoms with Crippen LogP contribution in [0.2, 0.25) is 5.02 Å². The SMILES string of the molecule is O[C@](Cc1ccccc1Cl)(Cn1nc[nH]c1=S)C1(Cl)CC1. The van der Waals surface area contributed by atoms with E-state index in [1.807, 2.05) is 24.3 Å². The Bertz CT molecular complexity index is 710. The molecule has 112 valence electrons. The van der Waals surface area contributed by atoms with Gasteiger partial charge in [-0.1, -0.05) is 29.8 Å². The first-order valence-corrected chi connectivity index (χ1v) is 7.85. The molecule has 0 aliphatic heterocycles. The quantitative estimate of drug-likeness (QED) is 0.646. The number of H-pyrrole nitrogens is 1. The van der Waals surface area contributed by atoms with Crippen molar-refractivity contribution in [3.05, 3.63) is 45.9 Å². The topological polar surface area (TPSA) is 53.8 Å². The monoisotopic (exact) mass is 343 g/mol. The number of alkyl halides is 1. The van der Waals surface area contributed by atoms with Gasteiger partial charge in [0.2, 0.25) is 0 Å². The van der Waals surface area contributed by atoms with Crippen LogP contribution in [0.5, 0.6) is 0 Å². The number of halogens is 2. The van der Waals surface area contributed by atoms with Gasteiger partial charge in [0, 0.05) is 11.4 Å². The fourth-order valence-electron chi connectivity index (χ4n) is 2.53. The van der Waals surface area contributed by atoms with E-state index in [-0.39, 0.29) is 6.54 Å². The van der Waals surface area contributed by atoms with E-state index in [4.69, 9.17) is 35.4 Å². The Kier molecular flexibility index (Phi) is 3.86. The Morgan fingerprint density at radius 3 is 2.71 bits per heavy atom. The number of nitrogens with one attached hydrogen (secondary N) is 1. The molecule has 0 saturated heterocycles. The molecule has 0 unspecified atom stereocenters. The number of rotatable bonds is 5. The third-order valence-electron chi connectivity index (χ3n) is 3.99. The first-order chi connectivity index (χ1) is 9.94. The van der Waals surface area contributed by atoms with Crippen molar-refractivity contribution >= 4 is 35.4 Å². The minimum atomic E-state index is -1.15. The van der Waals surface area contributed by atoms with Gasteiger partial charge in [0.05, 0.1) is 11.4 Å². The summed E-state index contributed by atoms with van der Waals surface area (Å²) in [5, 5.41) is 15.9. The Morgan fingerprint density at radius 1 is 1.43 bits per heavy atom. The van der Waals surface area contributed by atoms with Crippen LogP contribution in [0.15, 0.2) is 30.6 Å². The highest BCUT2D eigenvalue weighted by Gasteiger charge is 2.58. The molecule has 21 heavy (non-hydrogen) atoms. The van der Waals surface area contributed by atoms with Crippen LogP contribution in [0, 0.1) is 4.77 Å². The van der Waals surface area contributed by atoms with E-state index in [9.17, 15) is 5.11 Å². The van der Waals surface area contributed by atoms with E-state index >= 15 is 0 Å². The first-order valence-electron chi connectivity index (χ1n) is 6.69. The number of hydrogen-bond acceptors (Lipinski definition) is 3. The van der Waals surface area contributed by atoms with Crippen molar-refractivity contribution in [1.82, 2.24) is 14.8 Å². The van der Waals surface area contributed by atoms with E-state index in [0.717, 1.165) is 18.4 Å². The fraction of sp³-hybridized carbons (Fsp3) is 0.429. The van der Waals surface area contributed by atoms with Gasteiger partial charge >= 0.3 is 0 Å². The van der Waals surface area contributed by atoms with Gasteiger partial charge in [0.1, 0.15) is 11.9 Å². The Labute approximate surface area is 137 Å². The highest BCUT2D eigenvalue weighted by Crippen LogP contribution is 2.53. The van der Waals surface area contributed by atoms with Crippen LogP contribution in [-0.4, -0.2) is 30.3 Å². The third-order valence-corrected chi connectivity index (χ3v) is 5.42. The largest absolute Gasteiger partial charge is 0.386 e. The van der Waals surface area contributed by atoms with Crippen molar-refractivity contribution in [1.29, 1.82) is 0 Å². The van der Waals surface area contributed by atoms with Crippen LogP contribution in [-0.2, 0) is 13.0 Å². The summed E-state index contributed by atoms with van der Waals surface area (Å²) < 4.78 is 2.03. The molecule has 7 heteroatoms. The normalized spacial score (nSPS) is 19.2. The number of hydrogen-bond donors (Lipinski definition) is 2. The molecule has 1 aromatic heterocycles. The van der Waals surface area contributed by atoms with Crippen LogP contribution < -0.4 is 0 Å². The average molecular weight is 344 g/mol. The molecule has 1 heterocycles. The molecule has 0 spiro atoms. The number of benzene rings is 1. The van der Waals surface area contributed by atoms with Gasteiger partial charge in [-0.05, 0) is 36.7 Å². The van der Waals surface area contributed by atoms with Crippen molar-refractivity contribution < 1.29 is 5.11 Å². The molecule has 2 aromatic rings. The molecule has 1 aromatic carbocycles. The zero-order valence-electron chi connectivity index (χ0n) is 11.2. The van der Waals surface area contributed by atoms with Crippen molar-refractivity contribution in [2.45, 2.75) is 36.3 Å². The van der Waals surface area contributed by atoms with Crippen LogP contribution in [0.25, 0.3) is 0 Å².